The molecule has 1 unspecified atom stereocenters. The molecule has 0 spiro atoms. The van der Waals surface area contributed by atoms with Gasteiger partial charge in [-0.15, -0.1) is 11.3 Å². The number of hydrogen-bond donors (Lipinski definition) is 0. The summed E-state index contributed by atoms with van der Waals surface area (Å²) in [6.07, 6.45) is 15.7. The van der Waals surface area contributed by atoms with Gasteiger partial charge in [0.25, 0.3) is 0 Å². The molecule has 0 bridgehead atoms. The second-order valence-electron chi connectivity index (χ2n) is 7.19. The van der Waals surface area contributed by atoms with Gasteiger partial charge in [-0.3, -0.25) is 4.79 Å². The number of ether oxygens (including phenoxy) is 1. The van der Waals surface area contributed by atoms with Gasteiger partial charge in [-0.1, -0.05) is 78.1 Å². The molecule has 0 N–H and O–H groups in total. The van der Waals surface area contributed by atoms with E-state index in [2.05, 4.69) is 13.8 Å². The summed E-state index contributed by atoms with van der Waals surface area (Å²) in [7, 11) is 0. The van der Waals surface area contributed by atoms with Crippen LogP contribution in [0.25, 0.3) is 0 Å². The van der Waals surface area contributed by atoms with Gasteiger partial charge >= 0.3 is 5.97 Å². The van der Waals surface area contributed by atoms with Crippen molar-refractivity contribution in [3.8, 4) is 0 Å². The van der Waals surface area contributed by atoms with Crippen molar-refractivity contribution in [2.45, 2.75) is 90.9 Å². The zero-order chi connectivity index (χ0) is 19.0. The Morgan fingerprint density at radius 3 is 2.19 bits per heavy atom. The maximum atomic E-state index is 12.2. The lowest BCUT2D eigenvalue weighted by molar-refractivity contribution is 0.0421. The summed E-state index contributed by atoms with van der Waals surface area (Å²) in [5.41, 5.74) is 0.411. The molecule has 1 heterocycles. The Hall–Kier alpha value is -1.16. The molecule has 148 valence electrons. The topological polar surface area (TPSA) is 43.4 Å². The van der Waals surface area contributed by atoms with E-state index >= 15 is 0 Å². The molecular weight excluding hydrogens is 344 g/mol. The Morgan fingerprint density at radius 1 is 1.00 bits per heavy atom. The fourth-order valence-corrected chi connectivity index (χ4v) is 3.92. The summed E-state index contributed by atoms with van der Waals surface area (Å²) < 4.78 is 5.55. The number of thiophene rings is 1. The first-order valence-corrected chi connectivity index (χ1v) is 11.3. The maximum absolute atomic E-state index is 12.2. The van der Waals surface area contributed by atoms with Crippen molar-refractivity contribution in [3.63, 3.8) is 0 Å². The van der Waals surface area contributed by atoms with Gasteiger partial charge in [0.15, 0.2) is 6.29 Å². The summed E-state index contributed by atoms with van der Waals surface area (Å²) in [6.45, 7) is 4.94. The first-order valence-electron chi connectivity index (χ1n) is 10.4. The van der Waals surface area contributed by atoms with Gasteiger partial charge in [0.1, 0.15) is 0 Å². The van der Waals surface area contributed by atoms with Crippen molar-refractivity contribution in [3.05, 3.63) is 21.9 Å². The van der Waals surface area contributed by atoms with Crippen molar-refractivity contribution in [1.82, 2.24) is 0 Å². The second-order valence-corrected chi connectivity index (χ2v) is 8.13. The van der Waals surface area contributed by atoms with E-state index in [9.17, 15) is 9.59 Å². The van der Waals surface area contributed by atoms with E-state index in [4.69, 9.17) is 4.74 Å². The highest BCUT2D eigenvalue weighted by atomic mass is 32.1. The van der Waals surface area contributed by atoms with Crippen LogP contribution >= 0.6 is 11.3 Å². The molecular formula is C22H36O3S. The van der Waals surface area contributed by atoms with Crippen LogP contribution in [-0.2, 0) is 4.74 Å². The van der Waals surface area contributed by atoms with Gasteiger partial charge < -0.3 is 4.74 Å². The van der Waals surface area contributed by atoms with Crippen LogP contribution in [0.3, 0.4) is 0 Å². The number of carbonyl (C=O) groups excluding carboxylic acids is 2. The van der Waals surface area contributed by atoms with Crippen LogP contribution in [0.2, 0.25) is 0 Å². The monoisotopic (exact) mass is 380 g/mol. The molecule has 4 heteroatoms. The van der Waals surface area contributed by atoms with Gasteiger partial charge in [-0.2, -0.15) is 0 Å². The van der Waals surface area contributed by atoms with E-state index < -0.39 is 0 Å². The third-order valence-electron chi connectivity index (χ3n) is 4.90. The predicted octanol–water partition coefficient (Wildman–Crippen LogP) is 7.05. The number of carbonyl (C=O) groups is 2. The van der Waals surface area contributed by atoms with Gasteiger partial charge in [-0.25, -0.2) is 4.79 Å². The Labute approximate surface area is 163 Å². The summed E-state index contributed by atoms with van der Waals surface area (Å²) in [6, 6.07) is 1.68. The number of rotatable bonds is 16. The molecule has 1 atom stereocenters. The lowest BCUT2D eigenvalue weighted by Gasteiger charge is -2.17. The van der Waals surface area contributed by atoms with E-state index in [0.717, 1.165) is 19.1 Å². The molecule has 1 aromatic rings. The van der Waals surface area contributed by atoms with Gasteiger partial charge in [0, 0.05) is 0 Å². The third-order valence-corrected chi connectivity index (χ3v) is 5.75. The average molecular weight is 381 g/mol. The molecule has 3 nitrogen and oxygen atoms in total. The van der Waals surface area contributed by atoms with E-state index in [1.54, 1.807) is 11.4 Å². The molecule has 1 aromatic heterocycles. The van der Waals surface area contributed by atoms with Crippen LogP contribution in [0.1, 0.15) is 111 Å². The fraction of sp³-hybridized carbons (Fsp3) is 0.727. The Morgan fingerprint density at radius 2 is 1.58 bits per heavy atom. The predicted molar refractivity (Wildman–Crippen MR) is 110 cm³/mol. The van der Waals surface area contributed by atoms with Crippen LogP contribution < -0.4 is 0 Å². The molecule has 0 aromatic carbocycles. The minimum Gasteiger partial charge on any atom is -0.462 e. The maximum Gasteiger partial charge on any atom is 0.339 e. The van der Waals surface area contributed by atoms with Crippen LogP contribution in [-0.4, -0.2) is 18.9 Å². The number of unbranched alkanes of at least 4 members (excludes halogenated alkanes) is 8. The molecule has 0 aliphatic rings. The quantitative estimate of drug-likeness (QED) is 0.175. The van der Waals surface area contributed by atoms with E-state index in [1.165, 1.54) is 75.5 Å². The van der Waals surface area contributed by atoms with Crippen molar-refractivity contribution in [2.75, 3.05) is 6.61 Å². The minimum atomic E-state index is -0.352. The van der Waals surface area contributed by atoms with Crippen LogP contribution in [0.15, 0.2) is 11.4 Å². The molecule has 0 fully saturated rings. The van der Waals surface area contributed by atoms with Crippen LogP contribution in [0, 0.1) is 5.92 Å². The Kier molecular flexibility index (Phi) is 13.2. The highest BCUT2D eigenvalue weighted by Crippen LogP contribution is 2.21. The van der Waals surface area contributed by atoms with Crippen molar-refractivity contribution < 1.29 is 14.3 Å². The van der Waals surface area contributed by atoms with Gasteiger partial charge in [-0.05, 0) is 30.2 Å². The molecule has 0 radical (unpaired) electrons. The van der Waals surface area contributed by atoms with Crippen molar-refractivity contribution in [1.29, 1.82) is 0 Å². The molecule has 0 aliphatic heterocycles. The first kappa shape index (κ1) is 22.9. The average Bonchev–Trinajstić information content (AvgIpc) is 3.13. The zero-order valence-electron chi connectivity index (χ0n) is 16.6. The van der Waals surface area contributed by atoms with E-state index in [-0.39, 0.29) is 5.97 Å². The Balaban J connectivity index is 2.39. The zero-order valence-corrected chi connectivity index (χ0v) is 17.5. The molecule has 26 heavy (non-hydrogen) atoms. The fourth-order valence-electron chi connectivity index (χ4n) is 3.24. The van der Waals surface area contributed by atoms with E-state index in [1.807, 2.05) is 0 Å². The lowest BCUT2D eigenvalue weighted by atomic mass is 9.95. The number of aldehydes is 1. The summed E-state index contributed by atoms with van der Waals surface area (Å²) in [5, 5.41) is 1.76. The molecule has 0 saturated carbocycles. The summed E-state index contributed by atoms with van der Waals surface area (Å²) in [4.78, 5) is 23.7. The third kappa shape index (κ3) is 9.51. The molecule has 1 rings (SSSR count). The SMILES string of the molecule is CCCCCCCCC(CCCCCC)COC(=O)c1ccsc1C=O. The smallest absolute Gasteiger partial charge is 0.339 e. The first-order chi connectivity index (χ1) is 12.7. The second kappa shape index (κ2) is 15.0. The van der Waals surface area contributed by atoms with Crippen molar-refractivity contribution >= 4 is 23.6 Å². The summed E-state index contributed by atoms with van der Waals surface area (Å²) in [5.74, 6) is 0.0927. The lowest BCUT2D eigenvalue weighted by Crippen LogP contribution is -2.15. The number of hydrogen-bond acceptors (Lipinski definition) is 4. The van der Waals surface area contributed by atoms with E-state index in [0.29, 0.717) is 23.0 Å². The van der Waals surface area contributed by atoms with Crippen LogP contribution in [0.5, 0.6) is 0 Å². The molecule has 0 aliphatic carbocycles. The molecule has 0 saturated heterocycles. The highest BCUT2D eigenvalue weighted by Gasteiger charge is 2.16. The standard InChI is InChI=1S/C22H36O3S/c1-3-5-7-9-10-12-14-19(13-11-8-6-4-2)18-25-22(24)20-15-16-26-21(20)17-23/h15-17,19H,3-14,18H2,1-2H3. The van der Waals surface area contributed by atoms with Crippen LogP contribution in [0.4, 0.5) is 0 Å². The normalized spacial score (nSPS) is 12.1. The highest BCUT2D eigenvalue weighted by molar-refractivity contribution is 7.12. The Bertz CT molecular complexity index is 495. The van der Waals surface area contributed by atoms with Crippen molar-refractivity contribution in [2.24, 2.45) is 5.92 Å². The largest absolute Gasteiger partial charge is 0.462 e. The van der Waals surface area contributed by atoms with Gasteiger partial charge in [0.2, 0.25) is 0 Å². The minimum absolute atomic E-state index is 0.352. The van der Waals surface area contributed by atoms with Gasteiger partial charge in [0.05, 0.1) is 17.0 Å². The summed E-state index contributed by atoms with van der Waals surface area (Å²) >= 11 is 1.29. The molecule has 0 amide bonds. The number of esters is 1.